The van der Waals surface area contributed by atoms with E-state index in [1.165, 1.54) is 0 Å². The summed E-state index contributed by atoms with van der Waals surface area (Å²) < 4.78 is 43.7. The number of alkyl halides is 3. The van der Waals surface area contributed by atoms with Gasteiger partial charge in [-0.3, -0.25) is 0 Å². The van der Waals surface area contributed by atoms with E-state index < -0.39 is 23.8 Å². The number of rotatable bonds is 3. The maximum atomic E-state index is 13.0. The smallest absolute Gasteiger partial charge is 0.425 e. The quantitative estimate of drug-likeness (QED) is 0.685. The van der Waals surface area contributed by atoms with Gasteiger partial charge in [0.05, 0.1) is 5.54 Å². The molecule has 3 nitrogen and oxygen atoms in total. The van der Waals surface area contributed by atoms with Gasteiger partial charge in [0.1, 0.15) is 0 Å². The van der Waals surface area contributed by atoms with Gasteiger partial charge in [0.25, 0.3) is 6.02 Å². The minimum atomic E-state index is -4.51. The summed E-state index contributed by atoms with van der Waals surface area (Å²) in [6, 6.07) is 7.86. The third-order valence-corrected chi connectivity index (χ3v) is 2.34. The van der Waals surface area contributed by atoms with Gasteiger partial charge >= 0.3 is 6.18 Å². The van der Waals surface area contributed by atoms with Crippen LogP contribution in [0.2, 0.25) is 0 Å². The number of nitrogens with two attached hydrogens (primary N) is 1. The molecule has 1 aromatic rings. The second-order valence-electron chi connectivity index (χ2n) is 5.46. The monoisotopic (exact) mass is 288 g/mol. The number of amidine groups is 1. The molecule has 0 aliphatic heterocycles. The first-order valence-corrected chi connectivity index (χ1v) is 6.20. The van der Waals surface area contributed by atoms with Gasteiger partial charge in [-0.1, -0.05) is 30.3 Å². The Bertz CT molecular complexity index is 450. The van der Waals surface area contributed by atoms with E-state index in [-0.39, 0.29) is 6.42 Å². The number of nitrogens with zero attached hydrogens (tertiary/aromatic N) is 1. The average molecular weight is 288 g/mol. The van der Waals surface area contributed by atoms with Crippen molar-refractivity contribution in [3.05, 3.63) is 35.9 Å². The lowest BCUT2D eigenvalue weighted by Crippen LogP contribution is -2.38. The van der Waals surface area contributed by atoms with E-state index >= 15 is 0 Å². The van der Waals surface area contributed by atoms with Gasteiger partial charge in [-0.25, -0.2) is 4.99 Å². The van der Waals surface area contributed by atoms with Crippen LogP contribution in [-0.2, 0) is 11.2 Å². The molecule has 6 heteroatoms. The van der Waals surface area contributed by atoms with Crippen LogP contribution in [0.5, 0.6) is 0 Å². The molecule has 0 saturated carbocycles. The Morgan fingerprint density at radius 1 is 1.20 bits per heavy atom. The van der Waals surface area contributed by atoms with Crippen LogP contribution in [-0.4, -0.2) is 23.8 Å². The van der Waals surface area contributed by atoms with E-state index in [4.69, 9.17) is 10.5 Å². The fraction of sp³-hybridized carbons (Fsp3) is 0.500. The zero-order chi connectivity index (χ0) is 15.4. The van der Waals surface area contributed by atoms with Crippen LogP contribution >= 0.6 is 0 Å². The molecule has 0 spiro atoms. The van der Waals surface area contributed by atoms with E-state index in [1.54, 1.807) is 51.1 Å². The molecule has 0 amide bonds. The maximum Gasteiger partial charge on any atom is 0.425 e. The Balaban J connectivity index is 2.84. The van der Waals surface area contributed by atoms with Gasteiger partial charge in [0, 0.05) is 6.42 Å². The van der Waals surface area contributed by atoms with E-state index in [0.717, 1.165) is 0 Å². The highest BCUT2D eigenvalue weighted by atomic mass is 19.4. The van der Waals surface area contributed by atoms with Crippen molar-refractivity contribution in [3.8, 4) is 0 Å². The van der Waals surface area contributed by atoms with Crippen molar-refractivity contribution >= 4 is 6.02 Å². The van der Waals surface area contributed by atoms with E-state index in [2.05, 4.69) is 4.99 Å². The molecule has 0 aliphatic carbocycles. The highest BCUT2D eigenvalue weighted by Crippen LogP contribution is 2.26. The van der Waals surface area contributed by atoms with Gasteiger partial charge in [-0.2, -0.15) is 13.2 Å². The van der Waals surface area contributed by atoms with Crippen LogP contribution in [0.4, 0.5) is 13.2 Å². The number of benzene rings is 1. The van der Waals surface area contributed by atoms with Gasteiger partial charge in [0.15, 0.2) is 0 Å². The second-order valence-corrected chi connectivity index (χ2v) is 5.46. The first-order valence-electron chi connectivity index (χ1n) is 6.20. The Kier molecular flexibility index (Phi) is 5.03. The highest BCUT2D eigenvalue weighted by Gasteiger charge is 2.42. The Morgan fingerprint density at radius 2 is 1.75 bits per heavy atom. The van der Waals surface area contributed by atoms with Crippen molar-refractivity contribution < 1.29 is 17.9 Å². The van der Waals surface area contributed by atoms with Gasteiger partial charge in [0.2, 0.25) is 6.10 Å². The predicted octanol–water partition coefficient (Wildman–Crippen LogP) is 3.29. The molecule has 2 N–H and O–H groups in total. The number of halogens is 3. The molecule has 0 fully saturated rings. The van der Waals surface area contributed by atoms with E-state index in [1.807, 2.05) is 0 Å². The zero-order valence-corrected chi connectivity index (χ0v) is 11.7. The molecule has 0 aliphatic rings. The molecule has 1 aromatic carbocycles. The van der Waals surface area contributed by atoms with Crippen LogP contribution < -0.4 is 5.73 Å². The summed E-state index contributed by atoms with van der Waals surface area (Å²) in [5.41, 5.74) is 5.37. The number of ether oxygens (including phenoxy) is 1. The maximum absolute atomic E-state index is 13.0. The minimum Gasteiger partial charge on any atom is -0.452 e. The fourth-order valence-electron chi connectivity index (χ4n) is 1.56. The molecule has 112 valence electrons. The number of aliphatic imine (C=N–C) groups is 1. The van der Waals surface area contributed by atoms with Crippen molar-refractivity contribution in [1.29, 1.82) is 0 Å². The van der Waals surface area contributed by atoms with Crippen LogP contribution in [0.15, 0.2) is 35.3 Å². The first kappa shape index (κ1) is 16.3. The van der Waals surface area contributed by atoms with Crippen molar-refractivity contribution in [1.82, 2.24) is 0 Å². The van der Waals surface area contributed by atoms with E-state index in [0.29, 0.717) is 5.56 Å². The molecule has 20 heavy (non-hydrogen) atoms. The third kappa shape index (κ3) is 5.95. The van der Waals surface area contributed by atoms with E-state index in [9.17, 15) is 13.2 Å². The molecule has 0 aromatic heterocycles. The van der Waals surface area contributed by atoms with Gasteiger partial charge in [-0.05, 0) is 26.3 Å². The topological polar surface area (TPSA) is 47.6 Å². The summed E-state index contributed by atoms with van der Waals surface area (Å²) in [4.78, 5) is 3.88. The molecular formula is C14H19F3N2O. The summed E-state index contributed by atoms with van der Waals surface area (Å²) >= 11 is 0. The molecule has 0 saturated heterocycles. The SMILES string of the molecule is CC(C)(C)N=C(N)OC(Cc1ccccc1)C(F)(F)F. The third-order valence-electron chi connectivity index (χ3n) is 2.34. The van der Waals surface area contributed by atoms with Crippen LogP contribution in [0.1, 0.15) is 26.3 Å². The summed E-state index contributed by atoms with van der Waals surface area (Å²) in [6.07, 6.45) is -6.81. The number of hydrogen-bond acceptors (Lipinski definition) is 2. The fourth-order valence-corrected chi connectivity index (χ4v) is 1.56. The largest absolute Gasteiger partial charge is 0.452 e. The number of hydrogen-bond donors (Lipinski definition) is 1. The Morgan fingerprint density at radius 3 is 2.20 bits per heavy atom. The summed E-state index contributed by atoms with van der Waals surface area (Å²) in [5, 5.41) is 0. The van der Waals surface area contributed by atoms with Crippen LogP contribution in [0.25, 0.3) is 0 Å². The van der Waals surface area contributed by atoms with Crippen molar-refractivity contribution in [3.63, 3.8) is 0 Å². The van der Waals surface area contributed by atoms with Crippen LogP contribution in [0, 0.1) is 0 Å². The molecule has 1 unspecified atom stereocenters. The lowest BCUT2D eigenvalue weighted by molar-refractivity contribution is -0.198. The zero-order valence-electron chi connectivity index (χ0n) is 11.7. The molecule has 0 radical (unpaired) electrons. The molecule has 1 atom stereocenters. The molecular weight excluding hydrogens is 269 g/mol. The second kappa shape index (κ2) is 6.15. The normalized spacial score (nSPS) is 15.0. The van der Waals surface area contributed by atoms with Gasteiger partial charge in [-0.15, -0.1) is 0 Å². The summed E-state index contributed by atoms with van der Waals surface area (Å²) in [5.74, 6) is 0. The first-order chi connectivity index (χ1) is 9.08. The van der Waals surface area contributed by atoms with Gasteiger partial charge < -0.3 is 10.5 Å². The molecule has 1 rings (SSSR count). The minimum absolute atomic E-state index is 0.301. The Hall–Kier alpha value is -1.72. The van der Waals surface area contributed by atoms with Crippen molar-refractivity contribution in [2.24, 2.45) is 10.7 Å². The standard InChI is InChI=1S/C14H19F3N2O/c1-13(2,3)19-12(18)20-11(14(15,16)17)9-10-7-5-4-6-8-10/h4-8,11H,9H2,1-3H3,(H2,18,19). The van der Waals surface area contributed by atoms with Crippen LogP contribution in [0.3, 0.4) is 0 Å². The highest BCUT2D eigenvalue weighted by molar-refractivity contribution is 5.72. The summed E-state index contributed by atoms with van der Waals surface area (Å²) in [7, 11) is 0. The van der Waals surface area contributed by atoms with Crippen molar-refractivity contribution in [2.45, 2.75) is 45.0 Å². The average Bonchev–Trinajstić information content (AvgIpc) is 2.25. The summed E-state index contributed by atoms with van der Waals surface area (Å²) in [6.45, 7) is 5.18. The predicted molar refractivity (Wildman–Crippen MR) is 72.4 cm³/mol. The lowest BCUT2D eigenvalue weighted by Gasteiger charge is -2.22. The van der Waals surface area contributed by atoms with Crippen molar-refractivity contribution in [2.75, 3.05) is 0 Å². The molecule has 0 heterocycles. The molecule has 0 bridgehead atoms. The Labute approximate surface area is 116 Å². The lowest BCUT2D eigenvalue weighted by atomic mass is 10.1.